The van der Waals surface area contributed by atoms with Crippen LogP contribution in [0.4, 0.5) is 0 Å². The van der Waals surface area contributed by atoms with Crippen LogP contribution < -0.4 is 0 Å². The second kappa shape index (κ2) is 12.7. The lowest BCUT2D eigenvalue weighted by Gasteiger charge is -2.14. The van der Waals surface area contributed by atoms with Gasteiger partial charge < -0.3 is 9.53 Å². The summed E-state index contributed by atoms with van der Waals surface area (Å²) in [5, 5.41) is 0. The minimum Gasteiger partial charge on any atom is -0.378 e. The van der Waals surface area contributed by atoms with Gasteiger partial charge in [-0.25, -0.2) is 0 Å². The predicted octanol–water partition coefficient (Wildman–Crippen LogP) is 4.12. The molecule has 0 aromatic rings. The van der Waals surface area contributed by atoms with E-state index in [1.54, 1.807) is 0 Å². The summed E-state index contributed by atoms with van der Waals surface area (Å²) in [5.74, 6) is 0. The van der Waals surface area contributed by atoms with Crippen LogP contribution in [0.25, 0.3) is 0 Å². The molecule has 1 unspecified atom stereocenters. The molecule has 0 amide bonds. The number of hydrogen-bond acceptors (Lipinski definition) is 2. The molecule has 0 heterocycles. The number of rotatable bonds is 12. The van der Waals surface area contributed by atoms with Crippen LogP contribution in [-0.4, -0.2) is 19.0 Å². The van der Waals surface area contributed by atoms with E-state index in [1.165, 1.54) is 38.5 Å². The molecule has 0 aliphatic heterocycles. The van der Waals surface area contributed by atoms with E-state index >= 15 is 0 Å². The number of aldehydes is 1. The molecule has 0 saturated carbocycles. The molecule has 0 bridgehead atoms. The lowest BCUT2D eigenvalue weighted by atomic mass is 10.1. The van der Waals surface area contributed by atoms with Crippen LogP contribution in [0, 0.1) is 0 Å². The molecule has 0 rings (SSSR count). The van der Waals surface area contributed by atoms with Crippen molar-refractivity contribution >= 4 is 6.29 Å². The van der Waals surface area contributed by atoms with Crippen LogP contribution in [0.3, 0.4) is 0 Å². The monoisotopic (exact) mass is 228 g/mol. The second-order valence-electron chi connectivity index (χ2n) is 4.41. The summed E-state index contributed by atoms with van der Waals surface area (Å²) in [6.07, 6.45) is 11.6. The van der Waals surface area contributed by atoms with E-state index in [-0.39, 0.29) is 0 Å². The number of unbranched alkanes of at least 4 members (excludes halogenated alkanes) is 5. The number of carbonyl (C=O) groups is 1. The van der Waals surface area contributed by atoms with Crippen molar-refractivity contribution < 1.29 is 9.53 Å². The molecular weight excluding hydrogens is 200 g/mol. The minimum atomic E-state index is 0.292. The quantitative estimate of drug-likeness (QED) is 0.371. The van der Waals surface area contributed by atoms with E-state index in [9.17, 15) is 4.79 Å². The highest BCUT2D eigenvalue weighted by Crippen LogP contribution is 2.09. The molecule has 0 aromatic heterocycles. The minimum absolute atomic E-state index is 0.292. The maximum Gasteiger partial charge on any atom is 0.120 e. The van der Waals surface area contributed by atoms with E-state index in [4.69, 9.17) is 4.74 Å². The predicted molar refractivity (Wildman–Crippen MR) is 68.7 cm³/mol. The maximum absolute atomic E-state index is 10.2. The van der Waals surface area contributed by atoms with Crippen molar-refractivity contribution in [1.29, 1.82) is 0 Å². The highest BCUT2D eigenvalue weighted by atomic mass is 16.5. The van der Waals surface area contributed by atoms with Gasteiger partial charge in [0.15, 0.2) is 0 Å². The van der Waals surface area contributed by atoms with Crippen LogP contribution in [0.5, 0.6) is 0 Å². The smallest absolute Gasteiger partial charge is 0.120 e. The zero-order chi connectivity index (χ0) is 12.1. The van der Waals surface area contributed by atoms with Crippen molar-refractivity contribution in [2.75, 3.05) is 6.61 Å². The molecule has 0 saturated heterocycles. The van der Waals surface area contributed by atoms with E-state index in [0.717, 1.165) is 25.7 Å². The van der Waals surface area contributed by atoms with Gasteiger partial charge in [0, 0.05) is 13.0 Å². The molecule has 2 heteroatoms. The number of carbonyl (C=O) groups excluding carboxylic acids is 1. The Bertz CT molecular complexity index is 146. The van der Waals surface area contributed by atoms with Crippen molar-refractivity contribution in [2.45, 2.75) is 77.7 Å². The van der Waals surface area contributed by atoms with Gasteiger partial charge in [-0.3, -0.25) is 0 Å². The summed E-state index contributed by atoms with van der Waals surface area (Å²) in [6.45, 7) is 5.22. The van der Waals surface area contributed by atoms with Gasteiger partial charge in [-0.2, -0.15) is 0 Å². The lowest BCUT2D eigenvalue weighted by molar-refractivity contribution is -0.108. The normalized spacial score (nSPS) is 12.6. The Morgan fingerprint density at radius 3 is 2.38 bits per heavy atom. The number of hydrogen-bond donors (Lipinski definition) is 0. The van der Waals surface area contributed by atoms with Gasteiger partial charge >= 0.3 is 0 Å². The van der Waals surface area contributed by atoms with E-state index < -0.39 is 0 Å². The van der Waals surface area contributed by atoms with Crippen LogP contribution in [0.2, 0.25) is 0 Å². The van der Waals surface area contributed by atoms with Crippen LogP contribution in [0.1, 0.15) is 71.6 Å². The molecule has 0 N–H and O–H groups in total. The highest BCUT2D eigenvalue weighted by Gasteiger charge is 2.05. The molecule has 16 heavy (non-hydrogen) atoms. The summed E-state index contributed by atoms with van der Waals surface area (Å²) in [5.41, 5.74) is 0. The van der Waals surface area contributed by atoms with Gasteiger partial charge in [0.1, 0.15) is 6.29 Å². The summed E-state index contributed by atoms with van der Waals surface area (Å²) in [7, 11) is 0. The molecule has 1 atom stereocenters. The SMILES string of the molecule is CCCCCCCCOC(CC)CCC=O. The van der Waals surface area contributed by atoms with E-state index in [0.29, 0.717) is 12.5 Å². The van der Waals surface area contributed by atoms with Crippen LogP contribution in [-0.2, 0) is 9.53 Å². The average Bonchev–Trinajstić information content (AvgIpc) is 2.32. The second-order valence-corrected chi connectivity index (χ2v) is 4.41. The summed E-state index contributed by atoms with van der Waals surface area (Å²) >= 11 is 0. The molecular formula is C14H28O2. The summed E-state index contributed by atoms with van der Waals surface area (Å²) in [6, 6.07) is 0. The topological polar surface area (TPSA) is 26.3 Å². The first-order valence-corrected chi connectivity index (χ1v) is 6.90. The molecule has 0 aliphatic rings. The van der Waals surface area contributed by atoms with Crippen molar-refractivity contribution in [2.24, 2.45) is 0 Å². The van der Waals surface area contributed by atoms with Gasteiger partial charge in [-0.05, 0) is 19.3 Å². The van der Waals surface area contributed by atoms with Crippen molar-refractivity contribution in [3.63, 3.8) is 0 Å². The third-order valence-corrected chi connectivity index (χ3v) is 2.91. The Hall–Kier alpha value is -0.370. The Kier molecular flexibility index (Phi) is 12.4. The Labute approximate surface area is 101 Å². The largest absolute Gasteiger partial charge is 0.378 e. The molecule has 0 spiro atoms. The Balaban J connectivity index is 3.23. The standard InChI is InChI=1S/C14H28O2/c1-3-5-6-7-8-9-13-16-14(4-2)11-10-12-15/h12,14H,3-11,13H2,1-2H3. The average molecular weight is 228 g/mol. The Morgan fingerprint density at radius 1 is 1.06 bits per heavy atom. The fourth-order valence-corrected chi connectivity index (χ4v) is 1.79. The van der Waals surface area contributed by atoms with Gasteiger partial charge in [0.05, 0.1) is 6.10 Å². The van der Waals surface area contributed by atoms with Gasteiger partial charge in [0.2, 0.25) is 0 Å². The fraction of sp³-hybridized carbons (Fsp3) is 0.929. The Morgan fingerprint density at radius 2 is 1.75 bits per heavy atom. The fourth-order valence-electron chi connectivity index (χ4n) is 1.79. The van der Waals surface area contributed by atoms with E-state index in [1.807, 2.05) is 0 Å². The maximum atomic E-state index is 10.2. The van der Waals surface area contributed by atoms with Gasteiger partial charge in [-0.1, -0.05) is 46.0 Å². The van der Waals surface area contributed by atoms with E-state index in [2.05, 4.69) is 13.8 Å². The molecule has 2 nitrogen and oxygen atoms in total. The van der Waals surface area contributed by atoms with Crippen LogP contribution in [0.15, 0.2) is 0 Å². The van der Waals surface area contributed by atoms with Gasteiger partial charge in [0.25, 0.3) is 0 Å². The zero-order valence-corrected chi connectivity index (χ0v) is 11.0. The lowest BCUT2D eigenvalue weighted by Crippen LogP contribution is -2.12. The number of ether oxygens (including phenoxy) is 1. The molecule has 0 radical (unpaired) electrons. The highest BCUT2D eigenvalue weighted by molar-refractivity contribution is 5.49. The van der Waals surface area contributed by atoms with Crippen LogP contribution >= 0.6 is 0 Å². The molecule has 0 aliphatic carbocycles. The third-order valence-electron chi connectivity index (χ3n) is 2.91. The molecule has 0 fully saturated rings. The molecule has 96 valence electrons. The first-order valence-electron chi connectivity index (χ1n) is 6.90. The first-order chi connectivity index (χ1) is 7.85. The van der Waals surface area contributed by atoms with Gasteiger partial charge in [-0.15, -0.1) is 0 Å². The van der Waals surface area contributed by atoms with Crippen molar-refractivity contribution in [3.8, 4) is 0 Å². The molecule has 0 aromatic carbocycles. The first kappa shape index (κ1) is 15.6. The third kappa shape index (κ3) is 10.2. The summed E-state index contributed by atoms with van der Waals surface area (Å²) in [4.78, 5) is 10.2. The van der Waals surface area contributed by atoms with Crippen molar-refractivity contribution in [3.05, 3.63) is 0 Å². The summed E-state index contributed by atoms with van der Waals surface area (Å²) < 4.78 is 5.74. The van der Waals surface area contributed by atoms with Crippen molar-refractivity contribution in [1.82, 2.24) is 0 Å². The zero-order valence-electron chi connectivity index (χ0n) is 11.0.